The van der Waals surface area contributed by atoms with E-state index in [1.807, 2.05) is 62.4 Å². The number of sulfonamides is 1. The van der Waals surface area contributed by atoms with E-state index in [4.69, 9.17) is 4.74 Å². The molecule has 0 unspecified atom stereocenters. The van der Waals surface area contributed by atoms with E-state index in [9.17, 15) is 8.42 Å². The van der Waals surface area contributed by atoms with E-state index in [0.29, 0.717) is 11.6 Å². The Balaban J connectivity index is 1.50. The van der Waals surface area contributed by atoms with Crippen LogP contribution in [0.5, 0.6) is 5.75 Å². The van der Waals surface area contributed by atoms with Crippen molar-refractivity contribution >= 4 is 21.4 Å². The fourth-order valence-corrected chi connectivity index (χ4v) is 6.29. The third-order valence-electron chi connectivity index (χ3n) is 6.59. The molecule has 3 aromatic carbocycles. The van der Waals surface area contributed by atoms with Gasteiger partial charge in [0.15, 0.2) is 0 Å². The first kappa shape index (κ1) is 21.6. The normalized spacial score (nSPS) is 21.1. The van der Waals surface area contributed by atoms with Crippen molar-refractivity contribution in [1.29, 1.82) is 0 Å². The van der Waals surface area contributed by atoms with Crippen LogP contribution in [0.2, 0.25) is 0 Å². The zero-order valence-electron chi connectivity index (χ0n) is 19.0. The van der Waals surface area contributed by atoms with Gasteiger partial charge < -0.3 is 10.1 Å². The van der Waals surface area contributed by atoms with Crippen LogP contribution in [0.3, 0.4) is 0 Å². The van der Waals surface area contributed by atoms with Crippen LogP contribution in [0.4, 0.5) is 11.4 Å². The Morgan fingerprint density at radius 3 is 2.48 bits per heavy atom. The topological polar surface area (TPSA) is 67.4 Å². The van der Waals surface area contributed by atoms with Crippen LogP contribution in [0, 0.1) is 19.8 Å². The molecule has 0 radical (unpaired) electrons. The molecule has 0 fully saturated rings. The number of para-hydroxylation sites is 1. The monoisotopic (exact) mass is 460 g/mol. The molecule has 5 nitrogen and oxygen atoms in total. The number of benzene rings is 3. The number of hydrogen-bond acceptors (Lipinski definition) is 4. The second-order valence-corrected chi connectivity index (χ2v) is 10.6. The van der Waals surface area contributed by atoms with Crippen molar-refractivity contribution in [3.63, 3.8) is 0 Å². The Morgan fingerprint density at radius 1 is 0.970 bits per heavy atom. The number of allylic oxidation sites excluding steroid dienone is 2. The van der Waals surface area contributed by atoms with E-state index in [1.54, 1.807) is 13.2 Å². The van der Waals surface area contributed by atoms with Crippen molar-refractivity contribution in [2.45, 2.75) is 37.1 Å². The lowest BCUT2D eigenvalue weighted by molar-refractivity contribution is 0.381. The maximum absolute atomic E-state index is 13.2. The molecule has 0 saturated heterocycles. The molecule has 0 saturated carbocycles. The van der Waals surface area contributed by atoms with Crippen molar-refractivity contribution in [3.05, 3.63) is 95.1 Å². The molecule has 170 valence electrons. The van der Waals surface area contributed by atoms with Gasteiger partial charge in [0.1, 0.15) is 5.75 Å². The third-order valence-corrected chi connectivity index (χ3v) is 7.97. The number of nitrogens with one attached hydrogen (secondary N) is 2. The van der Waals surface area contributed by atoms with Crippen LogP contribution in [-0.2, 0) is 10.0 Å². The smallest absolute Gasteiger partial charge is 0.261 e. The number of rotatable bonds is 5. The summed E-state index contributed by atoms with van der Waals surface area (Å²) in [4.78, 5) is 0.275. The van der Waals surface area contributed by atoms with Crippen LogP contribution >= 0.6 is 0 Å². The standard InChI is InChI=1S/C27H28N2O3S/c1-17-13-18(2)15-19(14-17)29-33(30,31)20-11-12-25-24(16-20)21-8-6-9-22(21)27(28-25)23-7-4-5-10-26(23)32-3/h4-8,10-16,21-22,27-29H,9H2,1-3H3/t21-,22+,27-/m0/s1. The van der Waals surface area contributed by atoms with Gasteiger partial charge in [0.2, 0.25) is 0 Å². The van der Waals surface area contributed by atoms with Crippen molar-refractivity contribution < 1.29 is 13.2 Å². The van der Waals surface area contributed by atoms with Gasteiger partial charge in [-0.25, -0.2) is 8.42 Å². The Labute approximate surface area is 195 Å². The first-order valence-electron chi connectivity index (χ1n) is 11.2. The third kappa shape index (κ3) is 4.00. The Bertz CT molecular complexity index is 1330. The summed E-state index contributed by atoms with van der Waals surface area (Å²) < 4.78 is 34.8. The molecule has 3 aromatic rings. The van der Waals surface area contributed by atoms with Gasteiger partial charge in [0, 0.05) is 22.9 Å². The van der Waals surface area contributed by atoms with Gasteiger partial charge in [-0.15, -0.1) is 0 Å². The Morgan fingerprint density at radius 2 is 1.73 bits per heavy atom. The predicted molar refractivity (Wildman–Crippen MR) is 133 cm³/mol. The molecule has 33 heavy (non-hydrogen) atoms. The molecule has 3 atom stereocenters. The number of hydrogen-bond donors (Lipinski definition) is 2. The summed E-state index contributed by atoms with van der Waals surface area (Å²) in [7, 11) is -2.01. The van der Waals surface area contributed by atoms with E-state index in [2.05, 4.69) is 28.3 Å². The highest BCUT2D eigenvalue weighted by molar-refractivity contribution is 7.92. The van der Waals surface area contributed by atoms with E-state index < -0.39 is 10.0 Å². The van der Waals surface area contributed by atoms with Gasteiger partial charge >= 0.3 is 0 Å². The van der Waals surface area contributed by atoms with E-state index >= 15 is 0 Å². The number of aryl methyl sites for hydroxylation is 2. The van der Waals surface area contributed by atoms with E-state index in [-0.39, 0.29) is 16.9 Å². The minimum absolute atomic E-state index is 0.0875. The van der Waals surface area contributed by atoms with Gasteiger partial charge in [-0.2, -0.15) is 0 Å². The molecule has 5 rings (SSSR count). The first-order chi connectivity index (χ1) is 15.9. The maximum Gasteiger partial charge on any atom is 0.261 e. The second kappa shape index (κ2) is 8.27. The van der Waals surface area contributed by atoms with Crippen LogP contribution in [0.1, 0.15) is 40.6 Å². The molecule has 2 N–H and O–H groups in total. The van der Waals surface area contributed by atoms with Crippen LogP contribution < -0.4 is 14.8 Å². The zero-order chi connectivity index (χ0) is 23.2. The zero-order valence-corrected chi connectivity index (χ0v) is 19.8. The molecule has 1 aliphatic carbocycles. The number of anilines is 2. The summed E-state index contributed by atoms with van der Waals surface area (Å²) >= 11 is 0. The molecule has 1 aliphatic heterocycles. The first-order valence-corrected chi connectivity index (χ1v) is 12.7. The van der Waals surface area contributed by atoms with Gasteiger partial charge in [-0.3, -0.25) is 4.72 Å². The lowest BCUT2D eigenvalue weighted by atomic mass is 9.77. The molecule has 0 spiro atoms. The SMILES string of the molecule is COc1ccccc1[C@H]1Nc2ccc(S(=O)(=O)Nc3cc(C)cc(C)c3)cc2[C@H]2C=CC[C@H]21. The summed E-state index contributed by atoms with van der Waals surface area (Å²) in [5.41, 5.74) is 5.72. The van der Waals surface area contributed by atoms with Crippen LogP contribution in [-0.4, -0.2) is 15.5 Å². The lowest BCUT2D eigenvalue weighted by Gasteiger charge is -2.38. The highest BCUT2D eigenvalue weighted by Gasteiger charge is 2.39. The summed E-state index contributed by atoms with van der Waals surface area (Å²) in [5.74, 6) is 1.30. The fourth-order valence-electron chi connectivity index (χ4n) is 5.22. The van der Waals surface area contributed by atoms with Gasteiger partial charge in [0.25, 0.3) is 10.0 Å². The molecule has 6 heteroatoms. The largest absolute Gasteiger partial charge is 0.496 e. The average Bonchev–Trinajstić information content (AvgIpc) is 3.27. The molecule has 0 bridgehead atoms. The van der Waals surface area contributed by atoms with Gasteiger partial charge in [-0.05, 0) is 79.3 Å². The summed E-state index contributed by atoms with van der Waals surface area (Å²) in [6, 6.07) is 19.3. The predicted octanol–water partition coefficient (Wildman–Crippen LogP) is 5.94. The maximum atomic E-state index is 13.2. The summed E-state index contributed by atoms with van der Waals surface area (Å²) in [5, 5.41) is 3.67. The molecule has 0 aromatic heterocycles. The molecule has 0 amide bonds. The highest BCUT2D eigenvalue weighted by Crippen LogP contribution is 2.51. The van der Waals surface area contributed by atoms with Gasteiger partial charge in [0.05, 0.1) is 18.0 Å². The minimum Gasteiger partial charge on any atom is -0.496 e. The molecular formula is C27H28N2O3S. The fraction of sp³-hybridized carbons (Fsp3) is 0.259. The Hall–Kier alpha value is -3.25. The van der Waals surface area contributed by atoms with Crippen molar-refractivity contribution in [2.24, 2.45) is 5.92 Å². The van der Waals surface area contributed by atoms with E-state index in [0.717, 1.165) is 40.1 Å². The van der Waals surface area contributed by atoms with Gasteiger partial charge in [-0.1, -0.05) is 36.4 Å². The molecule has 2 aliphatic rings. The molecule has 1 heterocycles. The van der Waals surface area contributed by atoms with Crippen molar-refractivity contribution in [1.82, 2.24) is 0 Å². The molecular weight excluding hydrogens is 432 g/mol. The van der Waals surface area contributed by atoms with Crippen molar-refractivity contribution in [2.75, 3.05) is 17.1 Å². The number of methoxy groups -OCH3 is 1. The summed E-state index contributed by atoms with van der Waals surface area (Å²) in [6.07, 6.45) is 5.33. The summed E-state index contributed by atoms with van der Waals surface area (Å²) in [6.45, 7) is 3.92. The quantitative estimate of drug-likeness (QED) is 0.463. The van der Waals surface area contributed by atoms with Crippen LogP contribution in [0.25, 0.3) is 0 Å². The number of fused-ring (bicyclic) bond motifs is 3. The van der Waals surface area contributed by atoms with Crippen LogP contribution in [0.15, 0.2) is 77.7 Å². The lowest BCUT2D eigenvalue weighted by Crippen LogP contribution is -2.29. The van der Waals surface area contributed by atoms with E-state index in [1.165, 1.54) is 0 Å². The van der Waals surface area contributed by atoms with Crippen molar-refractivity contribution in [3.8, 4) is 5.75 Å². The minimum atomic E-state index is -3.71. The second-order valence-electron chi connectivity index (χ2n) is 8.95. The Kier molecular flexibility index (Phi) is 5.41. The number of ether oxygens (including phenoxy) is 1. The average molecular weight is 461 g/mol. The highest BCUT2D eigenvalue weighted by atomic mass is 32.2.